The van der Waals surface area contributed by atoms with E-state index in [2.05, 4.69) is 10.1 Å². The summed E-state index contributed by atoms with van der Waals surface area (Å²) in [6.07, 6.45) is 1.64. The molecule has 5 heteroatoms. The molecule has 0 radical (unpaired) electrons. The molecule has 0 atom stereocenters. The van der Waals surface area contributed by atoms with Gasteiger partial charge in [-0.1, -0.05) is 22.9 Å². The fourth-order valence-electron chi connectivity index (χ4n) is 1.65. The predicted octanol–water partition coefficient (Wildman–Crippen LogP) is 1.05. The molecule has 16 heavy (non-hydrogen) atoms. The van der Waals surface area contributed by atoms with E-state index in [9.17, 15) is 5.21 Å². The van der Waals surface area contributed by atoms with Crippen molar-refractivity contribution in [2.24, 2.45) is 0 Å². The van der Waals surface area contributed by atoms with Gasteiger partial charge < -0.3 is 5.21 Å². The Hall–Kier alpha value is -2.43. The molecular formula is C11H8N4O. The molecule has 1 aromatic carbocycles. The maximum atomic E-state index is 11.7. The smallest absolute Gasteiger partial charge is 0.198 e. The van der Waals surface area contributed by atoms with Gasteiger partial charge in [0.1, 0.15) is 5.52 Å². The molecule has 0 aliphatic rings. The Morgan fingerprint density at radius 2 is 1.88 bits per heavy atom. The number of para-hydroxylation sites is 1. The van der Waals surface area contributed by atoms with Crippen molar-refractivity contribution in [3.05, 3.63) is 53.9 Å². The Morgan fingerprint density at radius 3 is 2.69 bits per heavy atom. The van der Waals surface area contributed by atoms with E-state index in [1.54, 1.807) is 24.4 Å². The molecule has 0 unspecified atom stereocenters. The number of pyridine rings is 1. The van der Waals surface area contributed by atoms with Gasteiger partial charge >= 0.3 is 0 Å². The highest BCUT2D eigenvalue weighted by molar-refractivity contribution is 5.74. The minimum absolute atomic E-state index is 0.549. The Bertz CT molecular complexity index is 633. The van der Waals surface area contributed by atoms with Crippen molar-refractivity contribution in [3.8, 4) is 5.82 Å². The molecule has 0 spiro atoms. The molecule has 0 amide bonds. The van der Waals surface area contributed by atoms with Crippen molar-refractivity contribution >= 4 is 11.0 Å². The summed E-state index contributed by atoms with van der Waals surface area (Å²) in [4.78, 5) is 4.68. The Balaban J connectivity index is 2.35. The van der Waals surface area contributed by atoms with E-state index >= 15 is 0 Å². The lowest BCUT2D eigenvalue weighted by Gasteiger charge is -1.99. The molecule has 0 bridgehead atoms. The topological polar surface area (TPSA) is 57.6 Å². The van der Waals surface area contributed by atoms with Gasteiger partial charge in [-0.05, 0) is 24.3 Å². The van der Waals surface area contributed by atoms with E-state index in [-0.39, 0.29) is 0 Å². The number of benzene rings is 1. The Labute approximate surface area is 91.1 Å². The largest absolute Gasteiger partial charge is 0.571 e. The second kappa shape index (κ2) is 3.30. The first kappa shape index (κ1) is 8.84. The van der Waals surface area contributed by atoms with Crippen LogP contribution in [0.3, 0.4) is 0 Å². The summed E-state index contributed by atoms with van der Waals surface area (Å²) in [7, 11) is 0. The highest BCUT2D eigenvalue weighted by Gasteiger charge is 2.14. The highest BCUT2D eigenvalue weighted by Crippen LogP contribution is 2.12. The standard InChI is InChI=1S/C11H8N4O/c16-15-13-9-5-1-2-6-10(9)14(15)11-7-3-4-8-12-11/h1-8H. The first-order valence-electron chi connectivity index (χ1n) is 4.85. The van der Waals surface area contributed by atoms with E-state index in [0.717, 1.165) is 5.52 Å². The molecular weight excluding hydrogens is 204 g/mol. The molecule has 2 heterocycles. The summed E-state index contributed by atoms with van der Waals surface area (Å²) in [6.45, 7) is 0. The van der Waals surface area contributed by atoms with Crippen molar-refractivity contribution < 1.29 is 4.96 Å². The first-order chi connectivity index (χ1) is 7.86. The second-order valence-corrected chi connectivity index (χ2v) is 3.34. The lowest BCUT2D eigenvalue weighted by molar-refractivity contribution is -0.737. The molecule has 3 aromatic rings. The molecule has 0 N–H and O–H groups in total. The van der Waals surface area contributed by atoms with Crippen molar-refractivity contribution in [1.29, 1.82) is 0 Å². The van der Waals surface area contributed by atoms with Crippen LogP contribution in [-0.2, 0) is 0 Å². The van der Waals surface area contributed by atoms with Gasteiger partial charge in [-0.2, -0.15) is 0 Å². The van der Waals surface area contributed by atoms with Gasteiger partial charge in [0.05, 0.1) is 4.96 Å². The van der Waals surface area contributed by atoms with Gasteiger partial charge in [0, 0.05) is 11.3 Å². The van der Waals surface area contributed by atoms with Crippen molar-refractivity contribution in [2.45, 2.75) is 0 Å². The number of hydrogen-bond donors (Lipinski definition) is 0. The fourth-order valence-corrected chi connectivity index (χ4v) is 1.65. The molecule has 0 saturated carbocycles. The fraction of sp³-hybridized carbons (Fsp3) is 0. The summed E-state index contributed by atoms with van der Waals surface area (Å²) in [5.74, 6) is 0.561. The van der Waals surface area contributed by atoms with Gasteiger partial charge in [0.2, 0.25) is 0 Å². The summed E-state index contributed by atoms with van der Waals surface area (Å²) >= 11 is 0. The molecule has 0 saturated heterocycles. The molecule has 0 fully saturated rings. The minimum atomic E-state index is 0.549. The van der Waals surface area contributed by atoms with Crippen LogP contribution in [0.5, 0.6) is 0 Å². The van der Waals surface area contributed by atoms with Crippen molar-refractivity contribution in [1.82, 2.24) is 14.8 Å². The maximum Gasteiger partial charge on any atom is 0.198 e. The summed E-state index contributed by atoms with van der Waals surface area (Å²) in [5, 5.41) is 15.5. The van der Waals surface area contributed by atoms with Gasteiger partial charge in [-0.15, -0.1) is 0 Å². The van der Waals surface area contributed by atoms with E-state index < -0.39 is 0 Å². The van der Waals surface area contributed by atoms with Crippen molar-refractivity contribution in [3.63, 3.8) is 0 Å². The quantitative estimate of drug-likeness (QED) is 0.447. The first-order valence-corrected chi connectivity index (χ1v) is 4.85. The van der Waals surface area contributed by atoms with E-state index in [1.807, 2.05) is 24.3 Å². The zero-order valence-corrected chi connectivity index (χ0v) is 8.32. The normalized spacial score (nSPS) is 10.8. The third-order valence-electron chi connectivity index (χ3n) is 2.34. The Kier molecular flexibility index (Phi) is 1.83. The van der Waals surface area contributed by atoms with E-state index in [4.69, 9.17) is 0 Å². The van der Waals surface area contributed by atoms with Crippen molar-refractivity contribution in [2.75, 3.05) is 0 Å². The van der Waals surface area contributed by atoms with E-state index in [1.165, 1.54) is 4.68 Å². The summed E-state index contributed by atoms with van der Waals surface area (Å²) in [5.41, 5.74) is 1.40. The Morgan fingerprint density at radius 1 is 1.06 bits per heavy atom. The summed E-state index contributed by atoms with van der Waals surface area (Å²) in [6, 6.07) is 12.7. The summed E-state index contributed by atoms with van der Waals surface area (Å²) < 4.78 is 1.43. The van der Waals surface area contributed by atoms with Crippen LogP contribution in [-0.4, -0.2) is 14.8 Å². The number of nitrogens with zero attached hydrogens (tertiary/aromatic N) is 4. The highest BCUT2D eigenvalue weighted by atomic mass is 16.5. The van der Waals surface area contributed by atoms with Crippen LogP contribution in [0, 0.1) is 5.21 Å². The number of aromatic nitrogens is 4. The lowest BCUT2D eigenvalue weighted by atomic mass is 10.3. The number of rotatable bonds is 1. The van der Waals surface area contributed by atoms with E-state index in [0.29, 0.717) is 16.3 Å². The van der Waals surface area contributed by atoms with Crippen LogP contribution in [0.25, 0.3) is 16.9 Å². The number of fused-ring (bicyclic) bond motifs is 1. The van der Waals surface area contributed by atoms with Crippen LogP contribution in [0.2, 0.25) is 0 Å². The molecule has 3 rings (SSSR count). The maximum absolute atomic E-state index is 11.7. The lowest BCUT2D eigenvalue weighted by Crippen LogP contribution is -2.39. The average Bonchev–Trinajstić information content (AvgIpc) is 2.66. The molecule has 0 aliphatic carbocycles. The molecule has 0 aliphatic heterocycles. The minimum Gasteiger partial charge on any atom is -0.571 e. The van der Waals surface area contributed by atoms with Crippen LogP contribution in [0.15, 0.2) is 48.7 Å². The molecule has 5 nitrogen and oxygen atoms in total. The number of hydrogen-bond acceptors (Lipinski definition) is 3. The SMILES string of the molecule is [O-][n+]1nc2ccccc2n1-c1ccccn1. The monoisotopic (exact) mass is 212 g/mol. The van der Waals surface area contributed by atoms with Crippen LogP contribution >= 0.6 is 0 Å². The van der Waals surface area contributed by atoms with Gasteiger partial charge in [0.25, 0.3) is 0 Å². The average molecular weight is 212 g/mol. The third-order valence-corrected chi connectivity index (χ3v) is 2.34. The third kappa shape index (κ3) is 1.22. The predicted molar refractivity (Wildman–Crippen MR) is 57.8 cm³/mol. The van der Waals surface area contributed by atoms with Crippen LogP contribution in [0.1, 0.15) is 0 Å². The van der Waals surface area contributed by atoms with Crippen LogP contribution in [0.4, 0.5) is 0 Å². The zero-order chi connectivity index (χ0) is 11.0. The zero-order valence-electron chi connectivity index (χ0n) is 8.32. The molecule has 78 valence electrons. The van der Waals surface area contributed by atoms with Gasteiger partial charge in [-0.25, -0.2) is 4.98 Å². The van der Waals surface area contributed by atoms with Gasteiger partial charge in [-0.3, -0.25) is 0 Å². The van der Waals surface area contributed by atoms with Gasteiger partial charge in [0.15, 0.2) is 11.3 Å². The molecule has 2 aromatic heterocycles. The second-order valence-electron chi connectivity index (χ2n) is 3.34. The van der Waals surface area contributed by atoms with Crippen LogP contribution < -0.4 is 4.96 Å².